The summed E-state index contributed by atoms with van der Waals surface area (Å²) in [6, 6.07) is 13.2. The van der Waals surface area contributed by atoms with Crippen molar-refractivity contribution in [1.82, 2.24) is 19.6 Å². The number of fused-ring (bicyclic) bond motifs is 2. The number of halogens is 4. The predicted octanol–water partition coefficient (Wildman–Crippen LogP) is 5.59. The molecule has 0 fully saturated rings. The van der Waals surface area contributed by atoms with Crippen molar-refractivity contribution in [3.63, 3.8) is 0 Å². The molecule has 0 aliphatic heterocycles. The number of nitrogens with one attached hydrogen (secondary N) is 1. The van der Waals surface area contributed by atoms with Crippen LogP contribution < -0.4 is 5.56 Å². The molecular formula is C21H12BrF3N4O2. The van der Waals surface area contributed by atoms with Crippen molar-refractivity contribution in [2.75, 3.05) is 0 Å². The zero-order chi connectivity index (χ0) is 21.9. The fourth-order valence-corrected chi connectivity index (χ4v) is 3.97. The highest BCUT2D eigenvalue weighted by Gasteiger charge is 2.38. The lowest BCUT2D eigenvalue weighted by Crippen LogP contribution is -2.19. The lowest BCUT2D eigenvalue weighted by molar-refractivity contribution is -0.140. The number of oxazole rings is 1. The van der Waals surface area contributed by atoms with E-state index in [-0.39, 0.29) is 28.4 Å². The molecule has 3 aromatic heterocycles. The molecule has 0 saturated carbocycles. The van der Waals surface area contributed by atoms with Gasteiger partial charge in [0.15, 0.2) is 11.2 Å². The molecular weight excluding hydrogens is 477 g/mol. The standard InChI is InChI=1S/C21H12BrF3N4O2/c1-10-14(19-27-16-12(22)8-5-9-13(16)31-19)20(30)29-18(26-10)15(11-6-3-2-4-7-11)17(28-29)21(23,24)25/h2-9,28H,1H3. The molecule has 0 amide bonds. The highest BCUT2D eigenvalue weighted by Crippen LogP contribution is 2.38. The van der Waals surface area contributed by atoms with Gasteiger partial charge < -0.3 is 4.42 Å². The first-order valence-corrected chi connectivity index (χ1v) is 9.88. The van der Waals surface area contributed by atoms with E-state index in [1.54, 1.807) is 36.4 Å². The number of rotatable bonds is 2. The van der Waals surface area contributed by atoms with Gasteiger partial charge in [0.05, 0.1) is 11.3 Å². The van der Waals surface area contributed by atoms with E-state index in [2.05, 4.69) is 31.0 Å². The summed E-state index contributed by atoms with van der Waals surface area (Å²) in [5, 5.41) is 2.19. The summed E-state index contributed by atoms with van der Waals surface area (Å²) in [5.41, 5.74) is -0.707. The predicted molar refractivity (Wildman–Crippen MR) is 112 cm³/mol. The summed E-state index contributed by atoms with van der Waals surface area (Å²) in [7, 11) is 0. The summed E-state index contributed by atoms with van der Waals surface area (Å²) in [4.78, 5) is 21.9. The summed E-state index contributed by atoms with van der Waals surface area (Å²) < 4.78 is 48.6. The van der Waals surface area contributed by atoms with E-state index in [4.69, 9.17) is 4.42 Å². The fourth-order valence-electron chi connectivity index (χ4n) is 3.53. The smallest absolute Gasteiger partial charge is 0.433 e. The molecule has 6 nitrogen and oxygen atoms in total. The van der Waals surface area contributed by atoms with Crippen molar-refractivity contribution in [3.05, 3.63) is 74.7 Å². The Hall–Kier alpha value is -3.40. The van der Waals surface area contributed by atoms with E-state index in [1.807, 2.05) is 0 Å². The van der Waals surface area contributed by atoms with Gasteiger partial charge in [-0.2, -0.15) is 17.7 Å². The maximum absolute atomic E-state index is 13.8. The third kappa shape index (κ3) is 3.05. The van der Waals surface area contributed by atoms with Crippen molar-refractivity contribution in [2.24, 2.45) is 0 Å². The van der Waals surface area contributed by atoms with Crippen molar-refractivity contribution in [1.29, 1.82) is 0 Å². The first-order chi connectivity index (χ1) is 14.8. The monoisotopic (exact) mass is 488 g/mol. The molecule has 1 N–H and O–H groups in total. The molecule has 0 atom stereocenters. The Morgan fingerprint density at radius 1 is 1.03 bits per heavy atom. The van der Waals surface area contributed by atoms with Crippen LogP contribution >= 0.6 is 15.9 Å². The van der Waals surface area contributed by atoms with Gasteiger partial charge >= 0.3 is 6.18 Å². The lowest BCUT2D eigenvalue weighted by Gasteiger charge is -2.07. The maximum Gasteiger partial charge on any atom is 0.433 e. The van der Waals surface area contributed by atoms with Crippen LogP contribution in [0.15, 0.2) is 62.2 Å². The first kappa shape index (κ1) is 19.6. The summed E-state index contributed by atoms with van der Waals surface area (Å²) in [6.45, 7) is 1.54. The number of hydrogen-bond acceptors (Lipinski definition) is 4. The number of nitrogens with zero attached hydrogens (tertiary/aromatic N) is 3. The van der Waals surface area contributed by atoms with E-state index in [0.717, 1.165) is 4.52 Å². The molecule has 0 spiro atoms. The van der Waals surface area contributed by atoms with Crippen molar-refractivity contribution < 1.29 is 17.6 Å². The minimum atomic E-state index is -4.72. The summed E-state index contributed by atoms with van der Waals surface area (Å²) >= 11 is 3.37. The highest BCUT2D eigenvalue weighted by atomic mass is 79.9. The highest BCUT2D eigenvalue weighted by molar-refractivity contribution is 9.10. The van der Waals surface area contributed by atoms with Gasteiger partial charge in [-0.15, -0.1) is 0 Å². The molecule has 0 aliphatic rings. The SMILES string of the molecule is Cc1nc2c(-c3ccccc3)c(C(F)(F)F)[nH]n2c(=O)c1-c1nc2c(Br)cccc2o1. The normalized spacial score (nSPS) is 12.2. The number of benzene rings is 2. The largest absolute Gasteiger partial charge is 0.436 e. The van der Waals surface area contributed by atoms with E-state index in [1.165, 1.54) is 19.1 Å². The van der Waals surface area contributed by atoms with Gasteiger partial charge in [0.25, 0.3) is 5.56 Å². The number of aromatic nitrogens is 4. The van der Waals surface area contributed by atoms with Gasteiger partial charge in [-0.1, -0.05) is 36.4 Å². The van der Waals surface area contributed by atoms with E-state index < -0.39 is 17.4 Å². The molecule has 31 heavy (non-hydrogen) atoms. The van der Waals surface area contributed by atoms with Crippen LogP contribution in [0.4, 0.5) is 13.2 Å². The van der Waals surface area contributed by atoms with Crippen molar-refractivity contribution in [3.8, 4) is 22.6 Å². The Morgan fingerprint density at radius 2 is 1.77 bits per heavy atom. The van der Waals surface area contributed by atoms with Crippen LogP contribution in [0.3, 0.4) is 0 Å². The molecule has 0 bridgehead atoms. The van der Waals surface area contributed by atoms with Crippen molar-refractivity contribution in [2.45, 2.75) is 13.1 Å². The second kappa shape index (κ2) is 6.81. The Bertz CT molecular complexity index is 1520. The van der Waals surface area contributed by atoms with Crippen LogP contribution in [0.5, 0.6) is 0 Å². The number of para-hydroxylation sites is 1. The molecule has 0 unspecified atom stereocenters. The van der Waals surface area contributed by atoms with E-state index in [9.17, 15) is 18.0 Å². The molecule has 3 heterocycles. The van der Waals surface area contributed by atoms with Gasteiger partial charge in [0, 0.05) is 4.47 Å². The van der Waals surface area contributed by atoms with Gasteiger partial charge in [-0.25, -0.2) is 9.97 Å². The number of alkyl halides is 3. The minimum Gasteiger partial charge on any atom is -0.436 e. The lowest BCUT2D eigenvalue weighted by atomic mass is 10.1. The third-order valence-electron chi connectivity index (χ3n) is 4.89. The Kier molecular flexibility index (Phi) is 4.30. The average Bonchev–Trinajstić information content (AvgIpc) is 3.31. The zero-order valence-electron chi connectivity index (χ0n) is 15.8. The third-order valence-corrected chi connectivity index (χ3v) is 5.53. The second-order valence-electron chi connectivity index (χ2n) is 6.87. The van der Waals surface area contributed by atoms with Crippen LogP contribution in [-0.2, 0) is 6.18 Å². The fraction of sp³-hybridized carbons (Fsp3) is 0.0952. The molecule has 156 valence electrons. The summed E-state index contributed by atoms with van der Waals surface area (Å²) in [6.07, 6.45) is -4.72. The average molecular weight is 489 g/mol. The summed E-state index contributed by atoms with van der Waals surface area (Å²) in [5.74, 6) is -0.0179. The zero-order valence-corrected chi connectivity index (χ0v) is 17.4. The topological polar surface area (TPSA) is 76.2 Å². The Morgan fingerprint density at radius 3 is 2.45 bits per heavy atom. The Balaban J connectivity index is 1.84. The van der Waals surface area contributed by atoms with Crippen molar-refractivity contribution >= 4 is 32.7 Å². The molecule has 0 radical (unpaired) electrons. The Labute approximate surface area is 180 Å². The van der Waals surface area contributed by atoms with Crippen LogP contribution in [0.25, 0.3) is 39.3 Å². The van der Waals surface area contributed by atoms with Crippen LogP contribution in [0.1, 0.15) is 11.4 Å². The van der Waals surface area contributed by atoms with Gasteiger partial charge in [0.1, 0.15) is 16.8 Å². The number of H-pyrrole nitrogens is 1. The van der Waals surface area contributed by atoms with Crippen LogP contribution in [0.2, 0.25) is 0 Å². The van der Waals surface area contributed by atoms with Gasteiger partial charge in [-0.3, -0.25) is 9.89 Å². The molecule has 2 aromatic carbocycles. The van der Waals surface area contributed by atoms with Crippen LogP contribution in [0, 0.1) is 6.92 Å². The molecule has 5 rings (SSSR count). The molecule has 0 saturated heterocycles. The first-order valence-electron chi connectivity index (χ1n) is 9.09. The van der Waals surface area contributed by atoms with E-state index >= 15 is 0 Å². The molecule has 10 heteroatoms. The molecule has 5 aromatic rings. The van der Waals surface area contributed by atoms with E-state index in [0.29, 0.717) is 21.1 Å². The van der Waals surface area contributed by atoms with Gasteiger partial charge in [0.2, 0.25) is 5.89 Å². The van der Waals surface area contributed by atoms with Gasteiger partial charge in [-0.05, 0) is 40.5 Å². The second-order valence-corrected chi connectivity index (χ2v) is 7.72. The number of aromatic amines is 1. The van der Waals surface area contributed by atoms with Crippen LogP contribution in [-0.4, -0.2) is 19.6 Å². The molecule has 0 aliphatic carbocycles. The number of aryl methyl sites for hydroxylation is 1. The maximum atomic E-state index is 13.8. The number of hydrogen-bond donors (Lipinski definition) is 1. The minimum absolute atomic E-state index is 0.0179. The quantitative estimate of drug-likeness (QED) is 0.351.